The lowest BCUT2D eigenvalue weighted by Crippen LogP contribution is -2.15. The van der Waals surface area contributed by atoms with Gasteiger partial charge in [0.2, 0.25) is 0 Å². The molecule has 0 atom stereocenters. The Morgan fingerprint density at radius 2 is 1.95 bits per heavy atom. The summed E-state index contributed by atoms with van der Waals surface area (Å²) >= 11 is 1.72. The number of halogens is 1. The van der Waals surface area contributed by atoms with Crippen LogP contribution in [0.25, 0.3) is 0 Å². The number of thiophene rings is 1. The lowest BCUT2D eigenvalue weighted by molar-refractivity contribution is 0.289. The van der Waals surface area contributed by atoms with Crippen molar-refractivity contribution in [3.05, 3.63) is 51.5 Å². The van der Waals surface area contributed by atoms with Crippen molar-refractivity contribution in [1.82, 2.24) is 5.32 Å². The summed E-state index contributed by atoms with van der Waals surface area (Å²) in [5.74, 6) is 0.0746. The molecule has 0 spiro atoms. The molecule has 2 rings (SSSR count). The van der Waals surface area contributed by atoms with Crippen LogP contribution in [0.1, 0.15) is 35.6 Å². The third-order valence-electron chi connectivity index (χ3n) is 3.22. The van der Waals surface area contributed by atoms with Crippen LogP contribution < -0.4 is 10.1 Å². The Hall–Kier alpha value is -1.39. The van der Waals surface area contributed by atoms with Crippen molar-refractivity contribution in [2.24, 2.45) is 0 Å². The molecule has 0 aliphatic heterocycles. The van der Waals surface area contributed by atoms with E-state index >= 15 is 0 Å². The highest BCUT2D eigenvalue weighted by Gasteiger charge is 2.10. The third-order valence-corrected chi connectivity index (χ3v) is 4.42. The lowest BCUT2D eigenvalue weighted by Gasteiger charge is -2.12. The first-order chi connectivity index (χ1) is 10.2. The molecule has 114 valence electrons. The smallest absolute Gasteiger partial charge is 0.165 e. The molecule has 2 aromatic rings. The van der Waals surface area contributed by atoms with Crippen LogP contribution in [0.4, 0.5) is 4.39 Å². The van der Waals surface area contributed by atoms with Gasteiger partial charge >= 0.3 is 0 Å². The van der Waals surface area contributed by atoms with Gasteiger partial charge in [0.05, 0.1) is 0 Å². The fourth-order valence-corrected chi connectivity index (χ4v) is 2.96. The summed E-state index contributed by atoms with van der Waals surface area (Å²) in [6.45, 7) is 6.21. The SMILES string of the molecule is CCCNCc1cccc(F)c1OCc1ccc(CC)s1. The zero-order valence-corrected chi connectivity index (χ0v) is 13.4. The fourth-order valence-electron chi connectivity index (χ4n) is 2.09. The molecule has 1 N–H and O–H groups in total. The minimum absolute atomic E-state index is 0.293. The van der Waals surface area contributed by atoms with E-state index in [4.69, 9.17) is 4.74 Å². The third kappa shape index (κ3) is 4.55. The molecule has 0 fully saturated rings. The molecule has 0 bridgehead atoms. The molecule has 21 heavy (non-hydrogen) atoms. The largest absolute Gasteiger partial charge is 0.485 e. The number of hydrogen-bond donors (Lipinski definition) is 1. The van der Waals surface area contributed by atoms with Gasteiger partial charge in [0.25, 0.3) is 0 Å². The van der Waals surface area contributed by atoms with Crippen LogP contribution in [0.2, 0.25) is 0 Å². The van der Waals surface area contributed by atoms with Crippen molar-refractivity contribution in [3.63, 3.8) is 0 Å². The Balaban J connectivity index is 2.03. The molecule has 0 amide bonds. The van der Waals surface area contributed by atoms with E-state index < -0.39 is 0 Å². The first-order valence-electron chi connectivity index (χ1n) is 7.43. The van der Waals surface area contributed by atoms with Gasteiger partial charge in [0.15, 0.2) is 11.6 Å². The van der Waals surface area contributed by atoms with Gasteiger partial charge < -0.3 is 10.1 Å². The van der Waals surface area contributed by atoms with E-state index in [-0.39, 0.29) is 5.82 Å². The minimum atomic E-state index is -0.293. The van der Waals surface area contributed by atoms with E-state index in [2.05, 4.69) is 31.3 Å². The molecule has 1 aromatic heterocycles. The highest BCUT2D eigenvalue weighted by molar-refractivity contribution is 7.11. The molecule has 2 nitrogen and oxygen atoms in total. The molecule has 0 unspecified atom stereocenters. The van der Waals surface area contributed by atoms with E-state index in [0.29, 0.717) is 18.9 Å². The Morgan fingerprint density at radius 3 is 2.67 bits per heavy atom. The average molecular weight is 307 g/mol. The molecular weight excluding hydrogens is 285 g/mol. The fraction of sp³-hybridized carbons (Fsp3) is 0.412. The molecule has 1 heterocycles. The van der Waals surface area contributed by atoms with Crippen molar-refractivity contribution in [3.8, 4) is 5.75 Å². The lowest BCUT2D eigenvalue weighted by atomic mass is 10.2. The first-order valence-corrected chi connectivity index (χ1v) is 8.24. The van der Waals surface area contributed by atoms with Crippen molar-refractivity contribution < 1.29 is 9.13 Å². The number of hydrogen-bond acceptors (Lipinski definition) is 3. The average Bonchev–Trinajstić information content (AvgIpc) is 2.95. The van der Waals surface area contributed by atoms with Crippen LogP contribution in [-0.2, 0) is 19.6 Å². The zero-order valence-electron chi connectivity index (χ0n) is 12.6. The van der Waals surface area contributed by atoms with E-state index in [0.717, 1.165) is 29.8 Å². The standard InChI is InChI=1S/C17H22FNOS/c1-3-10-19-11-13-6-5-7-16(18)17(13)20-12-15-9-8-14(4-2)21-15/h5-9,19H,3-4,10-12H2,1-2H3. The van der Waals surface area contributed by atoms with Crippen LogP contribution in [0, 0.1) is 5.82 Å². The second-order valence-corrected chi connectivity index (χ2v) is 6.17. The van der Waals surface area contributed by atoms with Gasteiger partial charge in [-0.05, 0) is 37.6 Å². The van der Waals surface area contributed by atoms with Crippen LogP contribution in [-0.4, -0.2) is 6.54 Å². The number of rotatable bonds is 8. The molecule has 0 saturated heterocycles. The summed E-state index contributed by atoms with van der Waals surface area (Å²) < 4.78 is 19.7. The van der Waals surface area contributed by atoms with Crippen molar-refractivity contribution in [1.29, 1.82) is 0 Å². The molecule has 4 heteroatoms. The van der Waals surface area contributed by atoms with Crippen molar-refractivity contribution in [2.75, 3.05) is 6.54 Å². The van der Waals surface area contributed by atoms with E-state index in [1.165, 1.54) is 10.9 Å². The normalized spacial score (nSPS) is 10.8. The van der Waals surface area contributed by atoms with Crippen LogP contribution in [0.15, 0.2) is 30.3 Å². The van der Waals surface area contributed by atoms with E-state index in [9.17, 15) is 4.39 Å². The molecule has 0 radical (unpaired) electrons. The van der Waals surface area contributed by atoms with Gasteiger partial charge in [0, 0.05) is 21.9 Å². The van der Waals surface area contributed by atoms with Gasteiger partial charge in [-0.25, -0.2) is 4.39 Å². The number of benzene rings is 1. The second kappa shape index (κ2) is 8.15. The van der Waals surface area contributed by atoms with Crippen LogP contribution in [0.5, 0.6) is 5.75 Å². The number of aryl methyl sites for hydroxylation is 1. The van der Waals surface area contributed by atoms with Gasteiger partial charge in [-0.15, -0.1) is 11.3 Å². The minimum Gasteiger partial charge on any atom is -0.485 e. The van der Waals surface area contributed by atoms with Crippen molar-refractivity contribution in [2.45, 2.75) is 39.8 Å². The Kier molecular flexibility index (Phi) is 6.21. The molecule has 0 aliphatic rings. The number of nitrogens with one attached hydrogen (secondary N) is 1. The topological polar surface area (TPSA) is 21.3 Å². The Bertz CT molecular complexity index is 568. The van der Waals surface area contributed by atoms with Crippen LogP contribution in [0.3, 0.4) is 0 Å². The molecule has 1 aromatic carbocycles. The second-order valence-electron chi connectivity index (χ2n) is 4.92. The van der Waals surface area contributed by atoms with Crippen molar-refractivity contribution >= 4 is 11.3 Å². The summed E-state index contributed by atoms with van der Waals surface area (Å²) in [5, 5.41) is 3.29. The zero-order chi connectivity index (χ0) is 15.1. The predicted octanol–water partition coefficient (Wildman–Crippen LogP) is 4.53. The summed E-state index contributed by atoms with van der Waals surface area (Å²) in [6, 6.07) is 9.25. The summed E-state index contributed by atoms with van der Waals surface area (Å²) in [7, 11) is 0. The number of ether oxygens (including phenoxy) is 1. The highest BCUT2D eigenvalue weighted by atomic mass is 32.1. The first kappa shape index (κ1) is 16.0. The quantitative estimate of drug-likeness (QED) is 0.724. The van der Waals surface area contributed by atoms with Crippen LogP contribution >= 0.6 is 11.3 Å². The Labute approximate surface area is 130 Å². The maximum Gasteiger partial charge on any atom is 0.165 e. The maximum atomic E-state index is 14.0. The van der Waals surface area contributed by atoms with E-state index in [1.807, 2.05) is 6.07 Å². The predicted molar refractivity (Wildman–Crippen MR) is 86.4 cm³/mol. The summed E-state index contributed by atoms with van der Waals surface area (Å²) in [5.41, 5.74) is 0.871. The Morgan fingerprint density at radius 1 is 1.14 bits per heavy atom. The molecule has 0 aliphatic carbocycles. The van der Waals surface area contributed by atoms with Gasteiger partial charge in [-0.1, -0.05) is 26.0 Å². The molecule has 0 saturated carbocycles. The van der Waals surface area contributed by atoms with Gasteiger partial charge in [-0.3, -0.25) is 0 Å². The highest BCUT2D eigenvalue weighted by Crippen LogP contribution is 2.25. The van der Waals surface area contributed by atoms with E-state index in [1.54, 1.807) is 17.4 Å². The van der Waals surface area contributed by atoms with Gasteiger partial charge in [0.1, 0.15) is 6.61 Å². The molecular formula is C17H22FNOS. The monoisotopic (exact) mass is 307 g/mol. The number of para-hydroxylation sites is 1. The summed E-state index contributed by atoms with van der Waals surface area (Å²) in [4.78, 5) is 2.45. The van der Waals surface area contributed by atoms with Gasteiger partial charge in [-0.2, -0.15) is 0 Å². The maximum absolute atomic E-state index is 14.0. The summed E-state index contributed by atoms with van der Waals surface area (Å²) in [6.07, 6.45) is 2.08.